The third-order valence-corrected chi connectivity index (χ3v) is 4.54. The van der Waals surface area contributed by atoms with Gasteiger partial charge in [-0.25, -0.2) is 0 Å². The van der Waals surface area contributed by atoms with Gasteiger partial charge in [-0.1, -0.05) is 49.2 Å². The first-order valence-corrected chi connectivity index (χ1v) is 10.5. The minimum Gasteiger partial charge on any atom is -0.383 e. The van der Waals surface area contributed by atoms with Crippen LogP contribution in [0.25, 0.3) is 0 Å². The second kappa shape index (κ2) is 9.05. The molecule has 0 aliphatic carbocycles. The number of nitrogens with zero attached hydrogens (tertiary/aromatic N) is 1. The SMILES string of the molecule is CCCCN(Cc1ccc(OS(C)(=O)=O)cc1)C(=O)c1ccccc1Cl. The highest BCUT2D eigenvalue weighted by molar-refractivity contribution is 7.86. The normalized spacial score (nSPS) is 11.2. The molecule has 7 heteroatoms. The van der Waals surface area contributed by atoms with E-state index in [9.17, 15) is 13.2 Å². The molecule has 0 spiro atoms. The van der Waals surface area contributed by atoms with Crippen LogP contribution in [0.5, 0.6) is 5.75 Å². The van der Waals surface area contributed by atoms with E-state index in [1.54, 1.807) is 53.4 Å². The van der Waals surface area contributed by atoms with Crippen molar-refractivity contribution in [2.75, 3.05) is 12.8 Å². The molecule has 2 aromatic carbocycles. The second-order valence-corrected chi connectivity index (χ2v) is 7.97. The Labute approximate surface area is 159 Å². The van der Waals surface area contributed by atoms with Crippen molar-refractivity contribution in [3.05, 3.63) is 64.7 Å². The Morgan fingerprint density at radius 3 is 2.35 bits per heavy atom. The van der Waals surface area contributed by atoms with Crippen LogP contribution < -0.4 is 4.18 Å². The summed E-state index contributed by atoms with van der Waals surface area (Å²) in [5, 5.41) is 0.427. The van der Waals surface area contributed by atoms with Crippen molar-refractivity contribution in [1.29, 1.82) is 0 Å². The van der Waals surface area contributed by atoms with E-state index in [1.165, 1.54) is 0 Å². The first-order chi connectivity index (χ1) is 12.3. The van der Waals surface area contributed by atoms with Gasteiger partial charge in [-0.15, -0.1) is 0 Å². The summed E-state index contributed by atoms with van der Waals surface area (Å²) in [5.74, 6) is 0.120. The van der Waals surface area contributed by atoms with Gasteiger partial charge in [0.15, 0.2) is 0 Å². The molecule has 1 amide bonds. The molecule has 0 aliphatic heterocycles. The first-order valence-electron chi connectivity index (χ1n) is 8.32. The lowest BCUT2D eigenvalue weighted by Gasteiger charge is -2.23. The summed E-state index contributed by atoms with van der Waals surface area (Å²) in [5.41, 5.74) is 1.35. The third-order valence-electron chi connectivity index (χ3n) is 3.72. The van der Waals surface area contributed by atoms with Crippen LogP contribution in [-0.4, -0.2) is 32.0 Å². The van der Waals surface area contributed by atoms with Crippen LogP contribution in [0.2, 0.25) is 5.02 Å². The molecule has 0 saturated heterocycles. The summed E-state index contributed by atoms with van der Waals surface area (Å²) in [6.45, 7) is 3.08. The van der Waals surface area contributed by atoms with Crippen LogP contribution in [0.4, 0.5) is 0 Å². The summed E-state index contributed by atoms with van der Waals surface area (Å²) in [7, 11) is -3.56. The van der Waals surface area contributed by atoms with Gasteiger partial charge >= 0.3 is 10.1 Å². The summed E-state index contributed by atoms with van der Waals surface area (Å²) >= 11 is 6.16. The number of hydrogen-bond donors (Lipinski definition) is 0. The molecule has 0 aromatic heterocycles. The lowest BCUT2D eigenvalue weighted by Crippen LogP contribution is -2.31. The molecule has 0 atom stereocenters. The predicted molar refractivity (Wildman–Crippen MR) is 103 cm³/mol. The van der Waals surface area contributed by atoms with Gasteiger partial charge in [0, 0.05) is 13.1 Å². The van der Waals surface area contributed by atoms with Crippen molar-refractivity contribution in [3.63, 3.8) is 0 Å². The average Bonchev–Trinajstić information content (AvgIpc) is 2.58. The Hall–Kier alpha value is -2.05. The summed E-state index contributed by atoms with van der Waals surface area (Å²) in [6, 6.07) is 13.6. The Bertz CT molecular complexity index is 850. The van der Waals surface area contributed by atoms with Crippen LogP contribution >= 0.6 is 11.6 Å². The van der Waals surface area contributed by atoms with Crippen LogP contribution in [0, 0.1) is 0 Å². The standard InChI is InChI=1S/C19H22ClNO4S/c1-3-4-13-21(19(22)17-7-5-6-8-18(17)20)14-15-9-11-16(12-10-15)25-26(2,23)24/h5-12H,3-4,13-14H2,1-2H3. The number of unbranched alkanes of at least 4 members (excludes halogenated alkanes) is 1. The molecule has 5 nitrogen and oxygen atoms in total. The summed E-state index contributed by atoms with van der Waals surface area (Å²) < 4.78 is 27.2. The molecule has 0 saturated carbocycles. The van der Waals surface area contributed by atoms with Crippen molar-refractivity contribution in [2.45, 2.75) is 26.3 Å². The molecule has 0 aliphatic rings. The van der Waals surface area contributed by atoms with Crippen molar-refractivity contribution in [3.8, 4) is 5.75 Å². The van der Waals surface area contributed by atoms with Gasteiger partial charge in [-0.2, -0.15) is 8.42 Å². The maximum Gasteiger partial charge on any atom is 0.306 e. The Morgan fingerprint density at radius 2 is 1.77 bits per heavy atom. The minimum absolute atomic E-state index is 0.125. The number of rotatable bonds is 8. The molecule has 0 radical (unpaired) electrons. The molecule has 0 fully saturated rings. The molecule has 0 unspecified atom stereocenters. The summed E-state index contributed by atoms with van der Waals surface area (Å²) in [6.07, 6.45) is 2.84. The molecule has 140 valence electrons. The van der Waals surface area contributed by atoms with Crippen molar-refractivity contribution < 1.29 is 17.4 Å². The van der Waals surface area contributed by atoms with E-state index >= 15 is 0 Å². The van der Waals surface area contributed by atoms with Gasteiger partial charge in [-0.05, 0) is 36.2 Å². The van der Waals surface area contributed by atoms with E-state index in [0.29, 0.717) is 23.7 Å². The fourth-order valence-electron chi connectivity index (χ4n) is 2.45. The van der Waals surface area contributed by atoms with Crippen LogP contribution in [0.3, 0.4) is 0 Å². The molecule has 0 heterocycles. The number of benzene rings is 2. The zero-order chi connectivity index (χ0) is 19.2. The minimum atomic E-state index is -3.56. The van der Waals surface area contributed by atoms with Crippen LogP contribution in [0.1, 0.15) is 35.7 Å². The lowest BCUT2D eigenvalue weighted by atomic mass is 10.1. The third kappa shape index (κ3) is 6.04. The zero-order valence-corrected chi connectivity index (χ0v) is 16.4. The zero-order valence-electron chi connectivity index (χ0n) is 14.8. The lowest BCUT2D eigenvalue weighted by molar-refractivity contribution is 0.0741. The highest BCUT2D eigenvalue weighted by Crippen LogP contribution is 2.20. The highest BCUT2D eigenvalue weighted by atomic mass is 35.5. The molecule has 26 heavy (non-hydrogen) atoms. The van der Waals surface area contributed by atoms with Gasteiger partial charge in [-0.3, -0.25) is 4.79 Å². The van der Waals surface area contributed by atoms with E-state index < -0.39 is 10.1 Å². The fraction of sp³-hybridized carbons (Fsp3) is 0.316. The van der Waals surface area contributed by atoms with Gasteiger partial charge in [0.25, 0.3) is 5.91 Å². The van der Waals surface area contributed by atoms with E-state index in [1.807, 2.05) is 0 Å². The molecule has 0 N–H and O–H groups in total. The largest absolute Gasteiger partial charge is 0.383 e. The molecular weight excluding hydrogens is 374 g/mol. The molecule has 0 bridgehead atoms. The maximum absolute atomic E-state index is 12.9. The smallest absolute Gasteiger partial charge is 0.306 e. The molecular formula is C19H22ClNO4S. The predicted octanol–water partition coefficient (Wildman–Crippen LogP) is 4.12. The molecule has 2 rings (SSSR count). The first kappa shape index (κ1) is 20.3. The van der Waals surface area contributed by atoms with Gasteiger partial charge in [0.05, 0.1) is 16.8 Å². The van der Waals surface area contributed by atoms with E-state index in [0.717, 1.165) is 24.7 Å². The Balaban J connectivity index is 2.17. The van der Waals surface area contributed by atoms with Crippen molar-refractivity contribution >= 4 is 27.6 Å². The monoisotopic (exact) mass is 395 g/mol. The quantitative estimate of drug-likeness (QED) is 0.630. The number of carbonyl (C=O) groups is 1. The van der Waals surface area contributed by atoms with Crippen LogP contribution in [0.15, 0.2) is 48.5 Å². The Morgan fingerprint density at radius 1 is 1.12 bits per heavy atom. The average molecular weight is 396 g/mol. The Kier molecular flexibility index (Phi) is 7.06. The number of hydrogen-bond acceptors (Lipinski definition) is 4. The second-order valence-electron chi connectivity index (χ2n) is 5.99. The number of carbonyl (C=O) groups excluding carboxylic acids is 1. The van der Waals surface area contributed by atoms with Crippen molar-refractivity contribution in [1.82, 2.24) is 4.90 Å². The van der Waals surface area contributed by atoms with E-state index in [4.69, 9.17) is 15.8 Å². The maximum atomic E-state index is 12.9. The summed E-state index contributed by atoms with van der Waals surface area (Å²) in [4.78, 5) is 14.6. The van der Waals surface area contributed by atoms with Crippen LogP contribution in [-0.2, 0) is 16.7 Å². The van der Waals surface area contributed by atoms with Gasteiger partial charge in [0.2, 0.25) is 0 Å². The van der Waals surface area contributed by atoms with Gasteiger partial charge in [0.1, 0.15) is 5.75 Å². The number of halogens is 1. The topological polar surface area (TPSA) is 63.7 Å². The van der Waals surface area contributed by atoms with E-state index in [2.05, 4.69) is 6.92 Å². The van der Waals surface area contributed by atoms with Crippen molar-refractivity contribution in [2.24, 2.45) is 0 Å². The highest BCUT2D eigenvalue weighted by Gasteiger charge is 2.18. The fourth-order valence-corrected chi connectivity index (χ4v) is 3.13. The molecule has 2 aromatic rings. The number of amides is 1. The van der Waals surface area contributed by atoms with E-state index in [-0.39, 0.29) is 11.7 Å². The van der Waals surface area contributed by atoms with Gasteiger partial charge < -0.3 is 9.08 Å².